The number of Topliss-reactive ketones (excluding diaryl/α,β-unsaturated/α-hetero) is 1. The first kappa shape index (κ1) is 30.1. The van der Waals surface area contributed by atoms with Crippen LogP contribution in [-0.2, 0) is 27.4 Å². The fraction of sp³-hybridized carbons (Fsp3) is 0.500. The van der Waals surface area contributed by atoms with Gasteiger partial charge in [-0.05, 0) is 35.6 Å². The van der Waals surface area contributed by atoms with Gasteiger partial charge in [0.15, 0.2) is 11.9 Å². The van der Waals surface area contributed by atoms with E-state index in [0.29, 0.717) is 5.02 Å². The molecular weight excluding hydrogens is 521 g/mol. The molecule has 3 rings (SSSR count). The second-order valence-corrected chi connectivity index (χ2v) is 10.6. The Balaban J connectivity index is 1.78. The Bertz CT molecular complexity index is 1080. The van der Waals surface area contributed by atoms with Gasteiger partial charge in [-0.1, -0.05) is 67.9 Å². The molecule has 0 aromatic heterocycles. The summed E-state index contributed by atoms with van der Waals surface area (Å²) in [5.74, 6) is -3.01. The molecule has 3 N–H and O–H groups in total. The third-order valence-corrected chi connectivity index (χ3v) is 7.18. The zero-order chi connectivity index (χ0) is 28.0. The topological polar surface area (TPSA) is 92.9 Å². The van der Waals surface area contributed by atoms with Gasteiger partial charge in [-0.25, -0.2) is 0 Å². The highest BCUT2D eigenvalue weighted by molar-refractivity contribution is 6.30. The van der Waals surface area contributed by atoms with Gasteiger partial charge in [0.25, 0.3) is 0 Å². The average molecular weight is 555 g/mol. The normalized spacial score (nSPS) is 20.4. The lowest BCUT2D eigenvalue weighted by atomic mass is 9.83. The second kappa shape index (κ2) is 13.1. The summed E-state index contributed by atoms with van der Waals surface area (Å²) >= 11 is 6.04. The van der Waals surface area contributed by atoms with Gasteiger partial charge in [-0.3, -0.25) is 9.59 Å². The predicted molar refractivity (Wildman–Crippen MR) is 138 cm³/mol. The van der Waals surface area contributed by atoms with E-state index in [0.717, 1.165) is 11.1 Å². The number of likely N-dealkylation sites (tertiary alicyclic amines) is 1. The van der Waals surface area contributed by atoms with E-state index in [9.17, 15) is 27.9 Å². The Kier molecular flexibility index (Phi) is 10.3. The lowest BCUT2D eigenvalue weighted by Gasteiger charge is -2.31. The third kappa shape index (κ3) is 8.02. The minimum atomic E-state index is -4.86. The van der Waals surface area contributed by atoms with E-state index in [1.807, 2.05) is 30.3 Å². The summed E-state index contributed by atoms with van der Waals surface area (Å²) in [4.78, 5) is 28.1. The maximum Gasteiger partial charge on any atom is 0.414 e. The number of benzene rings is 2. The van der Waals surface area contributed by atoms with E-state index >= 15 is 0 Å². The van der Waals surface area contributed by atoms with Crippen LogP contribution in [0.1, 0.15) is 37.8 Å². The van der Waals surface area contributed by atoms with E-state index in [4.69, 9.17) is 22.1 Å². The molecule has 1 fully saturated rings. The molecule has 2 aromatic carbocycles. The molecule has 0 radical (unpaired) electrons. The molecule has 10 heteroatoms. The lowest BCUT2D eigenvalue weighted by molar-refractivity contribution is -0.224. The Hall–Kier alpha value is -2.46. The van der Waals surface area contributed by atoms with E-state index in [2.05, 4.69) is 0 Å². The molecular formula is C28H34ClF3N2O4. The third-order valence-electron chi connectivity index (χ3n) is 6.94. The molecule has 0 saturated carbocycles. The van der Waals surface area contributed by atoms with Crippen molar-refractivity contribution >= 4 is 23.3 Å². The van der Waals surface area contributed by atoms with Crippen LogP contribution in [0.4, 0.5) is 13.2 Å². The summed E-state index contributed by atoms with van der Waals surface area (Å²) in [5, 5.41) is 10.4. The van der Waals surface area contributed by atoms with Gasteiger partial charge < -0.3 is 20.5 Å². The summed E-state index contributed by atoms with van der Waals surface area (Å²) in [5.41, 5.74) is 7.88. The molecule has 1 amide bonds. The van der Waals surface area contributed by atoms with E-state index in [1.54, 1.807) is 24.3 Å². The molecule has 0 unspecified atom stereocenters. The summed E-state index contributed by atoms with van der Waals surface area (Å²) in [6.07, 6.45) is -8.23. The summed E-state index contributed by atoms with van der Waals surface area (Å²) in [6, 6.07) is 14.3. The molecule has 5 atom stereocenters. The number of aliphatic hydroxyl groups excluding tert-OH is 1. The van der Waals surface area contributed by atoms with Crippen molar-refractivity contribution in [1.82, 2.24) is 4.90 Å². The largest absolute Gasteiger partial charge is 0.414 e. The zero-order valence-corrected chi connectivity index (χ0v) is 22.2. The van der Waals surface area contributed by atoms with Crippen molar-refractivity contribution in [1.29, 1.82) is 0 Å². The highest BCUT2D eigenvalue weighted by Gasteiger charge is 2.47. The monoisotopic (exact) mass is 554 g/mol. The van der Waals surface area contributed by atoms with Crippen LogP contribution in [0.2, 0.25) is 5.02 Å². The van der Waals surface area contributed by atoms with Gasteiger partial charge in [0.2, 0.25) is 5.91 Å². The molecule has 6 nitrogen and oxygen atoms in total. The van der Waals surface area contributed by atoms with Gasteiger partial charge >= 0.3 is 6.18 Å². The van der Waals surface area contributed by atoms with Crippen molar-refractivity contribution in [3.63, 3.8) is 0 Å². The molecule has 1 heterocycles. The summed E-state index contributed by atoms with van der Waals surface area (Å²) in [7, 11) is 0. The van der Waals surface area contributed by atoms with Crippen molar-refractivity contribution in [3.05, 3.63) is 70.7 Å². The van der Waals surface area contributed by atoms with Gasteiger partial charge in [-0.15, -0.1) is 0 Å². The standard InChI is InChI=1S/C28H34ClF3N2O4/c1-17(2)22(26(36)28(30,31)32)14-25(35)24-13-21(38-16-18-7-4-3-5-8-18)15-34(24)27(37)23(33)12-19-9-6-10-20(29)11-19/h3-11,17,21-24,26,36H,12-16,33H2,1-2H3/t21-,22+,23+,24+,26+/m1/s1. The number of carbonyl (C=O) groups is 2. The van der Waals surface area contributed by atoms with Gasteiger partial charge in [0, 0.05) is 30.3 Å². The number of aliphatic hydroxyl groups is 1. The molecule has 0 aliphatic carbocycles. The highest BCUT2D eigenvalue weighted by atomic mass is 35.5. The molecule has 1 aliphatic rings. The fourth-order valence-electron chi connectivity index (χ4n) is 4.80. The van der Waals surface area contributed by atoms with Crippen LogP contribution >= 0.6 is 11.6 Å². The average Bonchev–Trinajstić information content (AvgIpc) is 3.29. The Labute approximate surface area is 225 Å². The fourth-order valence-corrected chi connectivity index (χ4v) is 5.01. The quantitative estimate of drug-likeness (QED) is 0.425. The second-order valence-electron chi connectivity index (χ2n) is 10.2. The van der Waals surface area contributed by atoms with Crippen LogP contribution in [-0.4, -0.2) is 58.7 Å². The van der Waals surface area contributed by atoms with E-state index in [1.165, 1.54) is 18.7 Å². The number of nitrogens with zero attached hydrogens (tertiary/aromatic N) is 1. The first-order chi connectivity index (χ1) is 17.9. The van der Waals surface area contributed by atoms with Crippen LogP contribution in [0.3, 0.4) is 0 Å². The summed E-state index contributed by atoms with van der Waals surface area (Å²) in [6.45, 7) is 3.39. The molecule has 38 heavy (non-hydrogen) atoms. The number of hydrogen-bond acceptors (Lipinski definition) is 5. The molecule has 0 bridgehead atoms. The smallest absolute Gasteiger partial charge is 0.383 e. The molecule has 208 valence electrons. The maximum atomic E-state index is 13.4. The number of ketones is 1. The minimum Gasteiger partial charge on any atom is -0.383 e. The van der Waals surface area contributed by atoms with Gasteiger partial charge in [0.05, 0.1) is 24.8 Å². The van der Waals surface area contributed by atoms with Crippen LogP contribution in [0, 0.1) is 11.8 Å². The minimum absolute atomic E-state index is 0.0828. The highest BCUT2D eigenvalue weighted by Crippen LogP contribution is 2.34. The van der Waals surface area contributed by atoms with Crippen LogP contribution < -0.4 is 5.73 Å². The van der Waals surface area contributed by atoms with Crippen LogP contribution in [0.5, 0.6) is 0 Å². The summed E-state index contributed by atoms with van der Waals surface area (Å²) < 4.78 is 45.8. The van der Waals surface area contributed by atoms with E-state index in [-0.39, 0.29) is 26.0 Å². The number of amides is 1. The molecule has 0 spiro atoms. The number of ether oxygens (including phenoxy) is 1. The van der Waals surface area contributed by atoms with Crippen LogP contribution in [0.25, 0.3) is 0 Å². The number of rotatable bonds is 11. The number of hydrogen-bond donors (Lipinski definition) is 2. The maximum absolute atomic E-state index is 13.4. The molecule has 1 saturated heterocycles. The number of alkyl halides is 3. The predicted octanol–water partition coefficient (Wildman–Crippen LogP) is 4.55. The van der Waals surface area contributed by atoms with Crippen LogP contribution in [0.15, 0.2) is 54.6 Å². The molecule has 2 aromatic rings. The number of halogens is 4. The first-order valence-corrected chi connectivity index (χ1v) is 13.0. The van der Waals surface area contributed by atoms with Crippen molar-refractivity contribution in [2.45, 2.75) is 70.2 Å². The van der Waals surface area contributed by atoms with Gasteiger partial charge in [0.1, 0.15) is 0 Å². The van der Waals surface area contributed by atoms with E-state index < -0.39 is 60.4 Å². The SMILES string of the molecule is CC(C)[C@H](CC(=O)[C@@H]1C[C@@H](OCc2ccccc2)CN1C(=O)[C@@H](N)Cc1cccc(Cl)c1)[C@H](O)C(F)(F)F. The van der Waals surface area contributed by atoms with Crippen molar-refractivity contribution < 1.29 is 32.6 Å². The lowest BCUT2D eigenvalue weighted by Crippen LogP contribution is -2.50. The van der Waals surface area contributed by atoms with Gasteiger partial charge in [-0.2, -0.15) is 13.2 Å². The number of carbonyl (C=O) groups excluding carboxylic acids is 2. The Morgan fingerprint density at radius 3 is 2.39 bits per heavy atom. The number of nitrogens with two attached hydrogens (primary N) is 1. The molecule has 1 aliphatic heterocycles. The Morgan fingerprint density at radius 1 is 1.13 bits per heavy atom. The van der Waals surface area contributed by atoms with Crippen molar-refractivity contribution in [3.8, 4) is 0 Å². The first-order valence-electron chi connectivity index (χ1n) is 12.6. The van der Waals surface area contributed by atoms with Crippen molar-refractivity contribution in [2.75, 3.05) is 6.54 Å². The van der Waals surface area contributed by atoms with Crippen molar-refractivity contribution in [2.24, 2.45) is 17.6 Å². The Morgan fingerprint density at radius 2 is 1.79 bits per heavy atom. The zero-order valence-electron chi connectivity index (χ0n) is 21.4.